The number of hydrogen-bond acceptors (Lipinski definition) is 2. The molecule has 3 heteroatoms. The Morgan fingerprint density at radius 2 is 1.87 bits per heavy atom. The van der Waals surface area contributed by atoms with Gasteiger partial charge in [0.2, 0.25) is 5.91 Å². The van der Waals surface area contributed by atoms with Crippen LogP contribution in [0.15, 0.2) is 30.3 Å². The topological polar surface area (TPSA) is 41.1 Å². The Balaban J connectivity index is 1.41. The highest BCUT2D eigenvalue weighted by molar-refractivity contribution is 5.76. The molecule has 2 aliphatic rings. The van der Waals surface area contributed by atoms with Crippen molar-refractivity contribution in [3.05, 3.63) is 35.9 Å². The number of rotatable bonds is 4. The number of nitrogens with one attached hydrogen (secondary N) is 2. The van der Waals surface area contributed by atoms with Crippen molar-refractivity contribution in [3.63, 3.8) is 0 Å². The highest BCUT2D eigenvalue weighted by Crippen LogP contribution is 2.36. The van der Waals surface area contributed by atoms with Crippen molar-refractivity contribution in [2.45, 2.75) is 69.9 Å². The van der Waals surface area contributed by atoms with Crippen LogP contribution in [0.2, 0.25) is 0 Å². The molecule has 0 aromatic heterocycles. The van der Waals surface area contributed by atoms with Gasteiger partial charge in [-0.2, -0.15) is 0 Å². The van der Waals surface area contributed by atoms with Gasteiger partial charge in [0.25, 0.3) is 0 Å². The van der Waals surface area contributed by atoms with Crippen molar-refractivity contribution < 1.29 is 4.79 Å². The lowest BCUT2D eigenvalue weighted by atomic mass is 9.77. The minimum absolute atomic E-state index is 0.271. The third-order valence-corrected chi connectivity index (χ3v) is 5.58. The third kappa shape index (κ3) is 4.81. The quantitative estimate of drug-likeness (QED) is 0.891. The molecule has 0 spiro atoms. The summed E-state index contributed by atoms with van der Waals surface area (Å²) in [6, 6.07) is 11.7. The Labute approximate surface area is 140 Å². The first-order valence-corrected chi connectivity index (χ1v) is 9.28. The second-order valence-corrected chi connectivity index (χ2v) is 7.48. The van der Waals surface area contributed by atoms with Crippen LogP contribution < -0.4 is 10.6 Å². The average molecular weight is 314 g/mol. The molecule has 3 nitrogen and oxygen atoms in total. The fourth-order valence-electron chi connectivity index (χ4n) is 4.24. The maximum atomic E-state index is 12.3. The molecule has 2 atom stereocenters. The summed E-state index contributed by atoms with van der Waals surface area (Å²) in [6.45, 7) is 3.22. The summed E-state index contributed by atoms with van der Waals surface area (Å²) in [4.78, 5) is 12.3. The van der Waals surface area contributed by atoms with Crippen LogP contribution in [0.5, 0.6) is 0 Å². The minimum atomic E-state index is 0.271. The monoisotopic (exact) mass is 314 g/mol. The summed E-state index contributed by atoms with van der Waals surface area (Å²) in [5.74, 6) is 1.54. The fraction of sp³-hybridized carbons (Fsp3) is 0.650. The molecule has 23 heavy (non-hydrogen) atoms. The standard InChI is InChI=1S/C20H30N2O/c1-15-13-19(11-12-21-15)22-20(23)14-16-7-9-18(10-8-16)17-5-3-2-4-6-17/h2-6,15-16,18-19,21H,7-14H2,1H3,(H,22,23). The molecular formula is C20H30N2O. The second-order valence-electron chi connectivity index (χ2n) is 7.48. The molecule has 1 aromatic carbocycles. The van der Waals surface area contributed by atoms with Crippen LogP contribution in [0.1, 0.15) is 63.4 Å². The zero-order chi connectivity index (χ0) is 16.1. The Morgan fingerprint density at radius 1 is 1.13 bits per heavy atom. The molecule has 0 bridgehead atoms. The van der Waals surface area contributed by atoms with E-state index in [4.69, 9.17) is 0 Å². The van der Waals surface area contributed by atoms with Crippen LogP contribution in [0.25, 0.3) is 0 Å². The zero-order valence-corrected chi connectivity index (χ0v) is 14.3. The predicted octanol–water partition coefficient (Wildman–Crippen LogP) is 3.61. The number of benzene rings is 1. The molecule has 1 heterocycles. The van der Waals surface area contributed by atoms with Gasteiger partial charge in [0, 0.05) is 18.5 Å². The zero-order valence-electron chi connectivity index (χ0n) is 14.3. The number of carbonyl (C=O) groups is 1. The predicted molar refractivity (Wildman–Crippen MR) is 94.4 cm³/mol. The summed E-state index contributed by atoms with van der Waals surface area (Å²) in [6.07, 6.45) is 7.69. The average Bonchev–Trinajstić information content (AvgIpc) is 2.56. The SMILES string of the molecule is CC1CC(NC(=O)CC2CCC(c3ccccc3)CC2)CCN1. The van der Waals surface area contributed by atoms with Crippen LogP contribution in [0.3, 0.4) is 0 Å². The molecule has 1 aliphatic carbocycles. The van der Waals surface area contributed by atoms with Gasteiger partial charge in [-0.25, -0.2) is 0 Å². The molecule has 1 saturated heterocycles. The van der Waals surface area contributed by atoms with Gasteiger partial charge < -0.3 is 10.6 Å². The number of piperidine rings is 1. The Bertz CT molecular complexity index is 494. The summed E-state index contributed by atoms with van der Waals surface area (Å²) < 4.78 is 0. The molecule has 0 radical (unpaired) electrons. The summed E-state index contributed by atoms with van der Waals surface area (Å²) in [7, 11) is 0. The van der Waals surface area contributed by atoms with Gasteiger partial charge in [0.15, 0.2) is 0 Å². The summed E-state index contributed by atoms with van der Waals surface area (Å²) >= 11 is 0. The van der Waals surface area contributed by atoms with E-state index in [0.29, 0.717) is 23.9 Å². The van der Waals surface area contributed by atoms with Crippen LogP contribution in [-0.2, 0) is 4.79 Å². The molecule has 1 saturated carbocycles. The van der Waals surface area contributed by atoms with E-state index in [-0.39, 0.29) is 5.91 Å². The van der Waals surface area contributed by atoms with Gasteiger partial charge in [-0.05, 0) is 69.4 Å². The summed E-state index contributed by atoms with van der Waals surface area (Å²) in [5, 5.41) is 6.70. The van der Waals surface area contributed by atoms with Crippen LogP contribution >= 0.6 is 0 Å². The molecule has 126 valence electrons. The Morgan fingerprint density at radius 3 is 2.57 bits per heavy atom. The van der Waals surface area contributed by atoms with Crippen molar-refractivity contribution in [3.8, 4) is 0 Å². The van der Waals surface area contributed by atoms with Crippen LogP contribution in [0, 0.1) is 5.92 Å². The van der Waals surface area contributed by atoms with E-state index in [1.807, 2.05) is 0 Å². The number of carbonyl (C=O) groups excluding carboxylic acids is 1. The first-order chi connectivity index (χ1) is 11.2. The van der Waals surface area contributed by atoms with E-state index in [2.05, 4.69) is 47.9 Å². The maximum absolute atomic E-state index is 12.3. The first-order valence-electron chi connectivity index (χ1n) is 9.28. The molecule has 2 unspecified atom stereocenters. The minimum Gasteiger partial charge on any atom is -0.353 e. The van der Waals surface area contributed by atoms with Gasteiger partial charge in [0.1, 0.15) is 0 Å². The highest BCUT2D eigenvalue weighted by Gasteiger charge is 2.25. The Kier molecular flexibility index (Phi) is 5.71. The Hall–Kier alpha value is -1.35. The summed E-state index contributed by atoms with van der Waals surface area (Å²) in [5.41, 5.74) is 1.47. The van der Waals surface area contributed by atoms with E-state index in [1.165, 1.54) is 31.2 Å². The van der Waals surface area contributed by atoms with Crippen molar-refractivity contribution in [2.24, 2.45) is 5.92 Å². The van der Waals surface area contributed by atoms with E-state index in [9.17, 15) is 4.79 Å². The van der Waals surface area contributed by atoms with Gasteiger partial charge in [-0.1, -0.05) is 30.3 Å². The highest BCUT2D eigenvalue weighted by atomic mass is 16.1. The molecular weight excluding hydrogens is 284 g/mol. The normalized spacial score (nSPS) is 31.5. The van der Waals surface area contributed by atoms with Crippen LogP contribution in [-0.4, -0.2) is 24.5 Å². The molecule has 1 aliphatic heterocycles. The number of hydrogen-bond donors (Lipinski definition) is 2. The molecule has 2 N–H and O–H groups in total. The first kappa shape index (κ1) is 16.5. The lowest BCUT2D eigenvalue weighted by molar-refractivity contribution is -0.123. The largest absolute Gasteiger partial charge is 0.353 e. The van der Waals surface area contributed by atoms with Gasteiger partial charge in [-0.3, -0.25) is 4.79 Å². The van der Waals surface area contributed by atoms with E-state index in [0.717, 1.165) is 25.8 Å². The lowest BCUT2D eigenvalue weighted by Gasteiger charge is -2.31. The van der Waals surface area contributed by atoms with Gasteiger partial charge >= 0.3 is 0 Å². The molecule has 3 rings (SSSR count). The van der Waals surface area contributed by atoms with Crippen LogP contribution in [0.4, 0.5) is 0 Å². The van der Waals surface area contributed by atoms with Gasteiger partial charge in [-0.15, -0.1) is 0 Å². The molecule has 2 fully saturated rings. The van der Waals surface area contributed by atoms with Crippen molar-refractivity contribution in [1.82, 2.24) is 10.6 Å². The van der Waals surface area contributed by atoms with Crippen molar-refractivity contribution in [2.75, 3.05) is 6.54 Å². The van der Waals surface area contributed by atoms with E-state index in [1.54, 1.807) is 0 Å². The van der Waals surface area contributed by atoms with Crippen molar-refractivity contribution >= 4 is 5.91 Å². The molecule has 1 aromatic rings. The lowest BCUT2D eigenvalue weighted by Crippen LogP contribution is -2.46. The fourth-order valence-corrected chi connectivity index (χ4v) is 4.24. The third-order valence-electron chi connectivity index (χ3n) is 5.58. The smallest absolute Gasteiger partial charge is 0.220 e. The van der Waals surface area contributed by atoms with E-state index >= 15 is 0 Å². The maximum Gasteiger partial charge on any atom is 0.220 e. The van der Waals surface area contributed by atoms with Crippen molar-refractivity contribution in [1.29, 1.82) is 0 Å². The number of amides is 1. The molecule has 1 amide bonds. The van der Waals surface area contributed by atoms with E-state index < -0.39 is 0 Å². The van der Waals surface area contributed by atoms with Gasteiger partial charge in [0.05, 0.1) is 0 Å². The second kappa shape index (κ2) is 7.96.